The summed E-state index contributed by atoms with van der Waals surface area (Å²) in [5, 5.41) is 2.76. The zero-order valence-electron chi connectivity index (χ0n) is 12.4. The third-order valence-electron chi connectivity index (χ3n) is 3.46. The number of alkyl halides is 3. The minimum absolute atomic E-state index is 0.152. The quantitative estimate of drug-likeness (QED) is 0.733. The van der Waals surface area contributed by atoms with Crippen LogP contribution < -0.4 is 5.32 Å². The molecule has 4 nitrogen and oxygen atoms in total. The summed E-state index contributed by atoms with van der Waals surface area (Å²) in [5.41, 5.74) is -0.238. The van der Waals surface area contributed by atoms with Gasteiger partial charge in [0.25, 0.3) is 5.91 Å². The zero-order chi connectivity index (χ0) is 17.5. The molecule has 0 radical (unpaired) electrons. The molecule has 0 unspecified atom stereocenters. The zero-order valence-corrected chi connectivity index (χ0v) is 13.1. The second kappa shape index (κ2) is 5.83. The van der Waals surface area contributed by atoms with Gasteiger partial charge >= 0.3 is 6.18 Å². The van der Waals surface area contributed by atoms with Crippen LogP contribution in [0.5, 0.6) is 0 Å². The van der Waals surface area contributed by atoms with Gasteiger partial charge in [0, 0.05) is 17.3 Å². The van der Waals surface area contributed by atoms with Crippen molar-refractivity contribution < 1.29 is 18.0 Å². The number of hydrogen-bond donors (Lipinski definition) is 1. The number of amides is 1. The maximum Gasteiger partial charge on any atom is 0.418 e. The maximum atomic E-state index is 13.0. The highest BCUT2D eigenvalue weighted by Crippen LogP contribution is 2.34. The number of anilines is 1. The first-order valence-corrected chi connectivity index (χ1v) is 7.27. The van der Waals surface area contributed by atoms with E-state index in [9.17, 15) is 18.0 Å². The molecule has 1 N–H and O–H groups in total. The van der Waals surface area contributed by atoms with Gasteiger partial charge in [-0.25, -0.2) is 4.98 Å². The fraction of sp³-hybridized carbons (Fsp3) is 0.125. The molecule has 0 atom stereocenters. The molecule has 1 aromatic carbocycles. The Balaban J connectivity index is 2.02. The summed E-state index contributed by atoms with van der Waals surface area (Å²) < 4.78 is 40.6. The Kier molecular flexibility index (Phi) is 3.96. The van der Waals surface area contributed by atoms with Crippen molar-refractivity contribution in [2.75, 3.05) is 5.32 Å². The number of hydrogen-bond acceptors (Lipinski definition) is 2. The predicted octanol–water partition coefficient (Wildman–Crippen LogP) is 4.57. The van der Waals surface area contributed by atoms with Crippen LogP contribution in [-0.2, 0) is 6.18 Å². The number of benzene rings is 1. The average Bonchev–Trinajstić information content (AvgIpc) is 2.81. The van der Waals surface area contributed by atoms with Gasteiger partial charge in [-0.1, -0.05) is 23.7 Å². The summed E-state index contributed by atoms with van der Waals surface area (Å²) in [5.74, 6) is -0.681. The molecule has 2 aromatic heterocycles. The van der Waals surface area contributed by atoms with Crippen LogP contribution in [0.25, 0.3) is 5.65 Å². The number of para-hydroxylation sites is 1. The number of carbonyl (C=O) groups excluding carboxylic acids is 1. The molecule has 24 heavy (non-hydrogen) atoms. The van der Waals surface area contributed by atoms with Gasteiger partial charge in [-0.3, -0.25) is 9.20 Å². The molecule has 3 rings (SSSR count). The highest BCUT2D eigenvalue weighted by atomic mass is 35.5. The van der Waals surface area contributed by atoms with E-state index in [1.54, 1.807) is 25.3 Å². The van der Waals surface area contributed by atoms with E-state index in [1.807, 2.05) is 0 Å². The number of halogens is 4. The van der Waals surface area contributed by atoms with E-state index in [0.717, 1.165) is 6.07 Å². The Morgan fingerprint density at radius 3 is 2.67 bits per heavy atom. The monoisotopic (exact) mass is 353 g/mol. The number of carbonyl (C=O) groups is 1. The number of aryl methyl sites for hydroxylation is 1. The topological polar surface area (TPSA) is 46.4 Å². The van der Waals surface area contributed by atoms with Crippen LogP contribution >= 0.6 is 11.6 Å². The largest absolute Gasteiger partial charge is 0.418 e. The number of fused-ring (bicyclic) bond motifs is 1. The Morgan fingerprint density at radius 2 is 1.96 bits per heavy atom. The molecule has 0 aliphatic rings. The third-order valence-corrected chi connectivity index (χ3v) is 3.69. The van der Waals surface area contributed by atoms with Crippen molar-refractivity contribution in [1.82, 2.24) is 9.38 Å². The first kappa shape index (κ1) is 16.3. The van der Waals surface area contributed by atoms with Crippen molar-refractivity contribution in [3.63, 3.8) is 0 Å². The first-order chi connectivity index (χ1) is 11.3. The fourth-order valence-corrected chi connectivity index (χ4v) is 2.59. The summed E-state index contributed by atoms with van der Waals surface area (Å²) in [7, 11) is 0. The van der Waals surface area contributed by atoms with Crippen LogP contribution in [0.1, 0.15) is 21.7 Å². The minimum Gasteiger partial charge on any atom is -0.320 e. The number of nitrogens with zero attached hydrogens (tertiary/aromatic N) is 2. The second-order valence-electron chi connectivity index (χ2n) is 5.12. The molecule has 3 aromatic rings. The smallest absolute Gasteiger partial charge is 0.320 e. The Labute approximate surface area is 139 Å². The summed E-state index contributed by atoms with van der Waals surface area (Å²) in [6, 6.07) is 7.93. The van der Waals surface area contributed by atoms with Gasteiger partial charge in [-0.05, 0) is 25.1 Å². The molecule has 0 fully saturated rings. The SMILES string of the molecule is Cc1nc2cc(Cl)ccn2c1C(=O)Nc1ccccc1C(F)(F)F. The molecule has 0 aliphatic heterocycles. The minimum atomic E-state index is -4.56. The van der Waals surface area contributed by atoms with Crippen LogP contribution in [0.3, 0.4) is 0 Å². The second-order valence-corrected chi connectivity index (χ2v) is 5.55. The van der Waals surface area contributed by atoms with Crippen LogP contribution in [0, 0.1) is 6.92 Å². The van der Waals surface area contributed by atoms with Crippen molar-refractivity contribution in [2.45, 2.75) is 13.1 Å². The summed E-state index contributed by atoms with van der Waals surface area (Å²) in [4.78, 5) is 16.7. The normalized spacial score (nSPS) is 11.7. The first-order valence-electron chi connectivity index (χ1n) is 6.89. The van der Waals surface area contributed by atoms with Crippen molar-refractivity contribution in [3.8, 4) is 0 Å². The molecular formula is C16H11ClF3N3O. The molecule has 2 heterocycles. The van der Waals surface area contributed by atoms with Crippen molar-refractivity contribution in [3.05, 3.63) is 64.6 Å². The van der Waals surface area contributed by atoms with Gasteiger partial charge in [0.2, 0.25) is 0 Å². The van der Waals surface area contributed by atoms with Gasteiger partial charge in [-0.2, -0.15) is 13.2 Å². The number of pyridine rings is 1. The summed E-state index contributed by atoms with van der Waals surface area (Å²) >= 11 is 5.88. The van der Waals surface area contributed by atoms with E-state index in [0.29, 0.717) is 16.4 Å². The van der Waals surface area contributed by atoms with Crippen LogP contribution in [0.4, 0.5) is 18.9 Å². The number of aromatic nitrogens is 2. The van der Waals surface area contributed by atoms with E-state index in [2.05, 4.69) is 10.3 Å². The molecule has 0 aliphatic carbocycles. The number of rotatable bonds is 2. The van der Waals surface area contributed by atoms with Crippen molar-refractivity contribution in [1.29, 1.82) is 0 Å². The van der Waals surface area contributed by atoms with Crippen molar-refractivity contribution >= 4 is 28.8 Å². The summed E-state index contributed by atoms with van der Waals surface area (Å²) in [6.07, 6.45) is -3.02. The average molecular weight is 354 g/mol. The molecule has 0 saturated heterocycles. The van der Waals surface area contributed by atoms with Crippen LogP contribution in [0.2, 0.25) is 5.02 Å². The van der Waals surface area contributed by atoms with E-state index in [-0.39, 0.29) is 11.4 Å². The lowest BCUT2D eigenvalue weighted by Crippen LogP contribution is -2.18. The lowest BCUT2D eigenvalue weighted by molar-refractivity contribution is -0.136. The van der Waals surface area contributed by atoms with E-state index < -0.39 is 17.6 Å². The number of imidazole rings is 1. The standard InChI is InChI=1S/C16H11ClF3N3O/c1-9-14(23-7-6-10(17)8-13(23)21-9)15(24)22-12-5-3-2-4-11(12)16(18,19)20/h2-8H,1H3,(H,22,24). The Bertz CT molecular complexity index is 934. The van der Waals surface area contributed by atoms with Gasteiger partial charge < -0.3 is 5.32 Å². The third kappa shape index (κ3) is 2.94. The predicted molar refractivity (Wildman–Crippen MR) is 84.3 cm³/mol. The van der Waals surface area contributed by atoms with E-state index >= 15 is 0 Å². The van der Waals surface area contributed by atoms with Crippen molar-refractivity contribution in [2.24, 2.45) is 0 Å². The lowest BCUT2D eigenvalue weighted by atomic mass is 10.1. The lowest BCUT2D eigenvalue weighted by Gasteiger charge is -2.13. The highest BCUT2D eigenvalue weighted by molar-refractivity contribution is 6.30. The molecule has 1 amide bonds. The molecule has 8 heteroatoms. The van der Waals surface area contributed by atoms with Gasteiger partial charge in [0.05, 0.1) is 16.9 Å². The highest BCUT2D eigenvalue weighted by Gasteiger charge is 2.34. The van der Waals surface area contributed by atoms with Gasteiger partial charge in [0.15, 0.2) is 0 Å². The Morgan fingerprint density at radius 1 is 1.25 bits per heavy atom. The molecule has 124 valence electrons. The van der Waals surface area contributed by atoms with E-state index in [1.165, 1.54) is 22.6 Å². The molecule has 0 bridgehead atoms. The van der Waals surface area contributed by atoms with Crippen LogP contribution in [-0.4, -0.2) is 15.3 Å². The van der Waals surface area contributed by atoms with Gasteiger partial charge in [-0.15, -0.1) is 0 Å². The molecular weight excluding hydrogens is 343 g/mol. The fourth-order valence-electron chi connectivity index (χ4n) is 2.43. The maximum absolute atomic E-state index is 13.0. The number of nitrogens with one attached hydrogen (secondary N) is 1. The Hall–Kier alpha value is -2.54. The van der Waals surface area contributed by atoms with Crippen LogP contribution in [0.15, 0.2) is 42.6 Å². The van der Waals surface area contributed by atoms with Gasteiger partial charge in [0.1, 0.15) is 11.3 Å². The molecule has 0 saturated carbocycles. The van der Waals surface area contributed by atoms with E-state index in [4.69, 9.17) is 11.6 Å². The molecule has 0 spiro atoms. The summed E-state index contributed by atoms with van der Waals surface area (Å²) in [6.45, 7) is 1.60.